The van der Waals surface area contributed by atoms with Gasteiger partial charge in [0.1, 0.15) is 11.5 Å². The van der Waals surface area contributed by atoms with E-state index in [0.717, 1.165) is 24.4 Å². The number of carbonyl (C=O) groups excluding carboxylic acids is 2. The highest BCUT2D eigenvalue weighted by Crippen LogP contribution is 2.22. The number of rotatable bonds is 5. The number of benzene rings is 1. The third-order valence-corrected chi connectivity index (χ3v) is 4.69. The SMILES string of the molecule is Cc1oc(C)c(C(=O)Nc2ccc(NC(=O)CN3CCOCC3)cc2)c1C. The van der Waals surface area contributed by atoms with E-state index in [1.54, 1.807) is 31.2 Å². The molecule has 27 heavy (non-hydrogen) atoms. The van der Waals surface area contributed by atoms with Gasteiger partial charge in [0.2, 0.25) is 5.91 Å². The van der Waals surface area contributed by atoms with Crippen LogP contribution >= 0.6 is 0 Å². The largest absolute Gasteiger partial charge is 0.466 e. The lowest BCUT2D eigenvalue weighted by molar-refractivity contribution is -0.118. The summed E-state index contributed by atoms with van der Waals surface area (Å²) in [6.07, 6.45) is 0. The molecule has 0 radical (unpaired) electrons. The molecule has 0 atom stereocenters. The van der Waals surface area contributed by atoms with Crippen LogP contribution in [0.1, 0.15) is 27.4 Å². The number of morpholine rings is 1. The third kappa shape index (κ3) is 4.75. The van der Waals surface area contributed by atoms with Crippen molar-refractivity contribution in [3.8, 4) is 0 Å². The second kappa shape index (κ2) is 8.37. The molecule has 0 bridgehead atoms. The van der Waals surface area contributed by atoms with Crippen molar-refractivity contribution in [2.75, 3.05) is 43.5 Å². The van der Waals surface area contributed by atoms with Gasteiger partial charge >= 0.3 is 0 Å². The summed E-state index contributed by atoms with van der Waals surface area (Å²) in [4.78, 5) is 26.7. The minimum absolute atomic E-state index is 0.0613. The Morgan fingerprint density at radius 1 is 0.963 bits per heavy atom. The van der Waals surface area contributed by atoms with Crippen molar-refractivity contribution in [1.82, 2.24) is 4.90 Å². The van der Waals surface area contributed by atoms with E-state index in [4.69, 9.17) is 9.15 Å². The van der Waals surface area contributed by atoms with Gasteiger partial charge in [-0.1, -0.05) is 0 Å². The average molecular weight is 371 g/mol. The average Bonchev–Trinajstić information content (AvgIpc) is 2.89. The van der Waals surface area contributed by atoms with Crippen molar-refractivity contribution in [3.63, 3.8) is 0 Å². The molecule has 144 valence electrons. The number of anilines is 2. The Hall–Kier alpha value is -2.64. The summed E-state index contributed by atoms with van der Waals surface area (Å²) in [6.45, 7) is 8.70. The molecule has 1 saturated heterocycles. The van der Waals surface area contributed by atoms with Crippen molar-refractivity contribution >= 4 is 23.2 Å². The van der Waals surface area contributed by atoms with Crippen LogP contribution in [0.3, 0.4) is 0 Å². The number of furan rings is 1. The summed E-state index contributed by atoms with van der Waals surface area (Å²) in [5.41, 5.74) is 2.76. The lowest BCUT2D eigenvalue weighted by atomic mass is 10.1. The van der Waals surface area contributed by atoms with Gasteiger partial charge in [-0.3, -0.25) is 14.5 Å². The van der Waals surface area contributed by atoms with Crippen molar-refractivity contribution in [2.45, 2.75) is 20.8 Å². The molecule has 1 aliphatic rings. The molecule has 2 heterocycles. The van der Waals surface area contributed by atoms with Crippen LogP contribution in [0.25, 0.3) is 0 Å². The van der Waals surface area contributed by atoms with Crippen molar-refractivity contribution in [3.05, 3.63) is 46.9 Å². The zero-order valence-electron chi connectivity index (χ0n) is 15.9. The number of carbonyl (C=O) groups is 2. The van der Waals surface area contributed by atoms with Gasteiger partial charge in [0, 0.05) is 30.0 Å². The van der Waals surface area contributed by atoms with Crippen LogP contribution in [-0.2, 0) is 9.53 Å². The number of amides is 2. The van der Waals surface area contributed by atoms with Crippen molar-refractivity contribution in [2.24, 2.45) is 0 Å². The first-order chi connectivity index (χ1) is 12.9. The molecule has 0 aliphatic carbocycles. The van der Waals surface area contributed by atoms with Gasteiger partial charge in [0.15, 0.2) is 0 Å². The molecule has 2 N–H and O–H groups in total. The maximum atomic E-state index is 12.5. The number of hydrogen-bond acceptors (Lipinski definition) is 5. The molecule has 7 nitrogen and oxygen atoms in total. The van der Waals surface area contributed by atoms with E-state index in [2.05, 4.69) is 15.5 Å². The Labute approximate surface area is 158 Å². The van der Waals surface area contributed by atoms with Crippen LogP contribution in [-0.4, -0.2) is 49.6 Å². The number of ether oxygens (including phenoxy) is 1. The fourth-order valence-electron chi connectivity index (χ4n) is 3.12. The van der Waals surface area contributed by atoms with Crippen LogP contribution in [0.5, 0.6) is 0 Å². The number of nitrogens with one attached hydrogen (secondary N) is 2. The van der Waals surface area contributed by atoms with E-state index in [-0.39, 0.29) is 11.8 Å². The molecule has 1 aromatic heterocycles. The zero-order valence-corrected chi connectivity index (χ0v) is 15.9. The fraction of sp³-hybridized carbons (Fsp3) is 0.400. The lowest BCUT2D eigenvalue weighted by Crippen LogP contribution is -2.41. The Bertz CT molecular complexity index is 820. The molecule has 1 fully saturated rings. The minimum Gasteiger partial charge on any atom is -0.466 e. The molecule has 3 rings (SSSR count). The third-order valence-electron chi connectivity index (χ3n) is 4.69. The number of aryl methyl sites for hydroxylation is 2. The van der Waals surface area contributed by atoms with E-state index >= 15 is 0 Å². The van der Waals surface area contributed by atoms with E-state index in [0.29, 0.717) is 42.5 Å². The highest BCUT2D eigenvalue weighted by Gasteiger charge is 2.18. The quantitative estimate of drug-likeness (QED) is 0.844. The lowest BCUT2D eigenvalue weighted by Gasteiger charge is -2.25. The smallest absolute Gasteiger partial charge is 0.259 e. The maximum Gasteiger partial charge on any atom is 0.259 e. The molecule has 1 aliphatic heterocycles. The molecule has 2 aromatic rings. The summed E-state index contributed by atoms with van der Waals surface area (Å²) < 4.78 is 10.8. The van der Waals surface area contributed by atoms with E-state index < -0.39 is 0 Å². The van der Waals surface area contributed by atoms with Crippen molar-refractivity contribution in [1.29, 1.82) is 0 Å². The summed E-state index contributed by atoms with van der Waals surface area (Å²) in [5.74, 6) is 1.09. The van der Waals surface area contributed by atoms with E-state index in [1.807, 2.05) is 13.8 Å². The Kier molecular flexibility index (Phi) is 5.93. The van der Waals surface area contributed by atoms with Crippen LogP contribution in [0.15, 0.2) is 28.7 Å². The highest BCUT2D eigenvalue weighted by atomic mass is 16.5. The van der Waals surface area contributed by atoms with Gasteiger partial charge in [-0.2, -0.15) is 0 Å². The highest BCUT2D eigenvalue weighted by molar-refractivity contribution is 6.06. The van der Waals surface area contributed by atoms with Gasteiger partial charge in [0.05, 0.1) is 25.3 Å². The standard InChI is InChI=1S/C20H25N3O4/c1-13-14(2)27-15(3)19(13)20(25)22-17-6-4-16(5-7-17)21-18(24)12-23-8-10-26-11-9-23/h4-7H,8-12H2,1-3H3,(H,21,24)(H,22,25). The van der Waals surface area contributed by atoms with Gasteiger partial charge in [0.25, 0.3) is 5.91 Å². The second-order valence-corrected chi connectivity index (χ2v) is 6.68. The monoisotopic (exact) mass is 371 g/mol. The Balaban J connectivity index is 1.56. The first-order valence-corrected chi connectivity index (χ1v) is 9.02. The first kappa shape index (κ1) is 19.1. The topological polar surface area (TPSA) is 83.8 Å². The summed E-state index contributed by atoms with van der Waals surface area (Å²) in [5, 5.41) is 5.74. The van der Waals surface area contributed by atoms with Gasteiger partial charge < -0.3 is 19.8 Å². The second-order valence-electron chi connectivity index (χ2n) is 6.68. The molecule has 7 heteroatoms. The zero-order chi connectivity index (χ0) is 19.4. The molecule has 2 amide bonds. The maximum absolute atomic E-state index is 12.5. The number of hydrogen-bond donors (Lipinski definition) is 2. The molecular weight excluding hydrogens is 346 g/mol. The van der Waals surface area contributed by atoms with Crippen molar-refractivity contribution < 1.29 is 18.7 Å². The molecule has 0 spiro atoms. The van der Waals surface area contributed by atoms with Crippen LogP contribution in [0.4, 0.5) is 11.4 Å². The van der Waals surface area contributed by atoms with Crippen LogP contribution < -0.4 is 10.6 Å². The molecular formula is C20H25N3O4. The van der Waals surface area contributed by atoms with Crippen LogP contribution in [0, 0.1) is 20.8 Å². The predicted octanol–water partition coefficient (Wildman–Crippen LogP) is 2.73. The number of nitrogens with zero attached hydrogens (tertiary/aromatic N) is 1. The summed E-state index contributed by atoms with van der Waals surface area (Å²) in [7, 11) is 0. The molecule has 0 saturated carbocycles. The Morgan fingerprint density at radius 2 is 1.56 bits per heavy atom. The van der Waals surface area contributed by atoms with E-state index in [1.165, 1.54) is 0 Å². The summed E-state index contributed by atoms with van der Waals surface area (Å²) >= 11 is 0. The molecule has 0 unspecified atom stereocenters. The van der Waals surface area contributed by atoms with Gasteiger partial charge in [-0.25, -0.2) is 0 Å². The first-order valence-electron chi connectivity index (χ1n) is 9.02. The van der Waals surface area contributed by atoms with Gasteiger partial charge in [-0.05, 0) is 45.0 Å². The van der Waals surface area contributed by atoms with Crippen LogP contribution in [0.2, 0.25) is 0 Å². The van der Waals surface area contributed by atoms with Gasteiger partial charge in [-0.15, -0.1) is 0 Å². The molecule has 1 aromatic carbocycles. The summed E-state index contributed by atoms with van der Waals surface area (Å²) in [6, 6.07) is 7.07. The fourth-order valence-corrected chi connectivity index (χ4v) is 3.12. The predicted molar refractivity (Wildman–Crippen MR) is 103 cm³/mol. The minimum atomic E-state index is -0.203. The van der Waals surface area contributed by atoms with E-state index in [9.17, 15) is 9.59 Å². The normalized spacial score (nSPS) is 14.8. The Morgan fingerprint density at radius 3 is 2.11 bits per heavy atom.